The molecule has 0 aliphatic heterocycles. The lowest BCUT2D eigenvalue weighted by Gasteiger charge is -2.32. The first kappa shape index (κ1) is 27.5. The Hall–Kier alpha value is -3.50. The maximum Gasteiger partial charge on any atom is 0.274 e. The van der Waals surface area contributed by atoms with E-state index in [0.29, 0.717) is 11.6 Å². The highest BCUT2D eigenvalue weighted by atomic mass is 19.1. The number of pyridine rings is 2. The second-order valence-electron chi connectivity index (χ2n) is 10.6. The molecule has 4 N–H and O–H groups in total. The highest BCUT2D eigenvalue weighted by Gasteiger charge is 2.28. The molecule has 1 amide bonds. The van der Waals surface area contributed by atoms with Gasteiger partial charge in [-0.3, -0.25) is 9.78 Å². The standard InChI is InChI=1S/C28H31F3N4O3/c1-15-8-16(10-17(32)9-15)19-6-7-33-13-24(19)35-27(36)23-5-4-20(29)26(34-23)25-21(30)11-18(12-22(25)31)38-14-28(2,3)37/h4-7,11-13,15-17,37H,8-10,14,32H2,1-3H3,(H,35,36)/t15-,16+,17-/m0/s1. The Kier molecular flexibility index (Phi) is 8.03. The van der Waals surface area contributed by atoms with Crippen LogP contribution in [0.3, 0.4) is 0 Å². The van der Waals surface area contributed by atoms with Gasteiger partial charge in [-0.25, -0.2) is 18.2 Å². The second-order valence-corrected chi connectivity index (χ2v) is 10.6. The number of anilines is 1. The van der Waals surface area contributed by atoms with Gasteiger partial charge in [-0.15, -0.1) is 0 Å². The summed E-state index contributed by atoms with van der Waals surface area (Å²) >= 11 is 0. The summed E-state index contributed by atoms with van der Waals surface area (Å²) in [5, 5.41) is 12.5. The number of carbonyl (C=O) groups is 1. The Labute approximate surface area is 219 Å². The van der Waals surface area contributed by atoms with E-state index in [1.54, 1.807) is 6.20 Å². The first-order valence-electron chi connectivity index (χ1n) is 12.4. The number of aromatic nitrogens is 2. The third kappa shape index (κ3) is 6.49. The molecule has 1 aliphatic carbocycles. The second kappa shape index (κ2) is 11.1. The molecule has 1 aliphatic rings. The zero-order chi connectivity index (χ0) is 27.6. The van der Waals surface area contributed by atoms with Crippen molar-refractivity contribution >= 4 is 11.6 Å². The van der Waals surface area contributed by atoms with Gasteiger partial charge in [0, 0.05) is 24.4 Å². The molecule has 2 aromatic heterocycles. The maximum atomic E-state index is 14.9. The van der Waals surface area contributed by atoms with Crippen molar-refractivity contribution in [2.75, 3.05) is 11.9 Å². The average molecular weight is 529 g/mol. The molecule has 4 rings (SSSR count). The SMILES string of the molecule is C[C@@H]1C[C@H](N)C[C@H](c2ccncc2NC(=O)c2ccc(F)c(-c3c(F)cc(OCC(C)(C)O)cc3F)n2)C1. The third-order valence-corrected chi connectivity index (χ3v) is 6.45. The van der Waals surface area contributed by atoms with E-state index >= 15 is 0 Å². The van der Waals surface area contributed by atoms with Gasteiger partial charge < -0.3 is 20.9 Å². The third-order valence-electron chi connectivity index (χ3n) is 6.45. The molecule has 0 radical (unpaired) electrons. The van der Waals surface area contributed by atoms with E-state index in [-0.39, 0.29) is 30.0 Å². The lowest BCUT2D eigenvalue weighted by atomic mass is 9.76. The molecule has 7 nitrogen and oxygen atoms in total. The van der Waals surface area contributed by atoms with Gasteiger partial charge in [0.2, 0.25) is 0 Å². The molecule has 0 spiro atoms. The molecule has 202 valence electrons. The largest absolute Gasteiger partial charge is 0.490 e. The minimum Gasteiger partial charge on any atom is -0.490 e. The number of ether oxygens (including phenoxy) is 1. The van der Waals surface area contributed by atoms with Crippen LogP contribution in [0.4, 0.5) is 18.9 Å². The van der Waals surface area contributed by atoms with Crippen molar-refractivity contribution in [2.24, 2.45) is 11.7 Å². The molecular formula is C28H31F3N4O3. The van der Waals surface area contributed by atoms with Crippen LogP contribution in [-0.2, 0) is 0 Å². The number of carbonyl (C=O) groups excluding carboxylic acids is 1. The van der Waals surface area contributed by atoms with Crippen molar-refractivity contribution in [3.8, 4) is 17.0 Å². The van der Waals surface area contributed by atoms with Gasteiger partial charge in [0.05, 0.1) is 23.0 Å². The fourth-order valence-electron chi connectivity index (χ4n) is 4.83. The molecule has 38 heavy (non-hydrogen) atoms. The molecular weight excluding hydrogens is 497 g/mol. The molecule has 1 fully saturated rings. The molecule has 10 heteroatoms. The van der Waals surface area contributed by atoms with E-state index in [1.807, 2.05) is 6.07 Å². The fraction of sp³-hybridized carbons (Fsp3) is 0.393. The Bertz CT molecular complexity index is 1300. The first-order valence-corrected chi connectivity index (χ1v) is 12.4. The van der Waals surface area contributed by atoms with E-state index in [2.05, 4.69) is 22.2 Å². The lowest BCUT2D eigenvalue weighted by Crippen LogP contribution is -2.31. The van der Waals surface area contributed by atoms with Crippen molar-refractivity contribution in [3.05, 3.63) is 71.4 Å². The number of hydrogen-bond donors (Lipinski definition) is 3. The van der Waals surface area contributed by atoms with E-state index in [1.165, 1.54) is 20.0 Å². The van der Waals surface area contributed by atoms with Crippen LogP contribution < -0.4 is 15.8 Å². The van der Waals surface area contributed by atoms with E-state index in [9.17, 15) is 23.1 Å². The fourth-order valence-corrected chi connectivity index (χ4v) is 4.83. The van der Waals surface area contributed by atoms with Gasteiger partial charge in [0.1, 0.15) is 41.2 Å². The highest BCUT2D eigenvalue weighted by Crippen LogP contribution is 2.38. The van der Waals surface area contributed by atoms with Gasteiger partial charge in [-0.05, 0) is 68.7 Å². The van der Waals surface area contributed by atoms with Crippen molar-refractivity contribution < 1.29 is 27.8 Å². The smallest absolute Gasteiger partial charge is 0.274 e. The minimum atomic E-state index is -1.23. The Morgan fingerprint density at radius 2 is 1.84 bits per heavy atom. The van der Waals surface area contributed by atoms with Crippen molar-refractivity contribution in [2.45, 2.75) is 57.6 Å². The summed E-state index contributed by atoms with van der Waals surface area (Å²) in [5.41, 5.74) is 4.74. The number of halogens is 3. The van der Waals surface area contributed by atoms with Crippen molar-refractivity contribution in [3.63, 3.8) is 0 Å². The monoisotopic (exact) mass is 528 g/mol. The number of nitrogens with one attached hydrogen (secondary N) is 1. The summed E-state index contributed by atoms with van der Waals surface area (Å²) in [4.78, 5) is 21.2. The lowest BCUT2D eigenvalue weighted by molar-refractivity contribution is 0.0282. The summed E-state index contributed by atoms with van der Waals surface area (Å²) in [7, 11) is 0. The van der Waals surface area contributed by atoms with Crippen LogP contribution in [0.2, 0.25) is 0 Å². The summed E-state index contributed by atoms with van der Waals surface area (Å²) in [6.07, 6.45) is 5.78. The summed E-state index contributed by atoms with van der Waals surface area (Å²) in [6, 6.07) is 5.70. The van der Waals surface area contributed by atoms with Gasteiger partial charge in [-0.1, -0.05) is 6.92 Å². The van der Waals surface area contributed by atoms with Crippen LogP contribution in [0.1, 0.15) is 62.0 Å². The van der Waals surface area contributed by atoms with E-state index in [4.69, 9.17) is 10.5 Å². The van der Waals surface area contributed by atoms with Crippen LogP contribution in [0, 0.1) is 23.4 Å². The Morgan fingerprint density at radius 1 is 1.13 bits per heavy atom. The maximum absolute atomic E-state index is 14.9. The summed E-state index contributed by atoms with van der Waals surface area (Å²) in [6.45, 7) is 4.88. The van der Waals surface area contributed by atoms with Gasteiger partial charge in [0.25, 0.3) is 5.91 Å². The topological polar surface area (TPSA) is 110 Å². The van der Waals surface area contributed by atoms with Crippen LogP contribution in [0.15, 0.2) is 42.7 Å². The first-order chi connectivity index (χ1) is 17.9. The highest BCUT2D eigenvalue weighted by molar-refractivity contribution is 6.03. The summed E-state index contributed by atoms with van der Waals surface area (Å²) in [5.74, 6) is -3.56. The number of benzene rings is 1. The van der Waals surface area contributed by atoms with Crippen LogP contribution in [0.5, 0.6) is 5.75 Å². The van der Waals surface area contributed by atoms with Crippen molar-refractivity contribution in [1.82, 2.24) is 9.97 Å². The molecule has 3 atom stereocenters. The normalized spacial score (nSPS) is 19.7. The van der Waals surface area contributed by atoms with Gasteiger partial charge in [0.15, 0.2) is 0 Å². The number of amides is 1. The Morgan fingerprint density at radius 3 is 2.50 bits per heavy atom. The molecule has 1 aromatic carbocycles. The van der Waals surface area contributed by atoms with E-state index in [0.717, 1.165) is 49.1 Å². The predicted molar refractivity (Wildman–Crippen MR) is 137 cm³/mol. The minimum absolute atomic E-state index is 0.0542. The van der Waals surface area contributed by atoms with Crippen LogP contribution in [0.25, 0.3) is 11.3 Å². The van der Waals surface area contributed by atoms with E-state index < -0.39 is 40.2 Å². The molecule has 3 aromatic rings. The quantitative estimate of drug-likeness (QED) is 0.389. The number of nitrogens with two attached hydrogens (primary N) is 1. The summed E-state index contributed by atoms with van der Waals surface area (Å²) < 4.78 is 49.7. The van der Waals surface area contributed by atoms with Crippen LogP contribution >= 0.6 is 0 Å². The average Bonchev–Trinajstić information content (AvgIpc) is 2.82. The zero-order valence-electron chi connectivity index (χ0n) is 21.5. The number of rotatable bonds is 7. The molecule has 2 heterocycles. The van der Waals surface area contributed by atoms with Crippen LogP contribution in [-0.4, -0.2) is 39.2 Å². The number of hydrogen-bond acceptors (Lipinski definition) is 6. The predicted octanol–water partition coefficient (Wildman–Crippen LogP) is 5.19. The molecule has 0 saturated heterocycles. The zero-order valence-corrected chi connectivity index (χ0v) is 21.5. The molecule has 1 saturated carbocycles. The molecule has 0 unspecified atom stereocenters. The Balaban J connectivity index is 1.60. The number of aliphatic hydroxyl groups is 1. The van der Waals surface area contributed by atoms with Crippen molar-refractivity contribution in [1.29, 1.82) is 0 Å². The van der Waals surface area contributed by atoms with Gasteiger partial charge >= 0.3 is 0 Å². The molecule has 0 bridgehead atoms. The number of nitrogens with zero attached hydrogens (tertiary/aromatic N) is 2. The van der Waals surface area contributed by atoms with Gasteiger partial charge in [-0.2, -0.15) is 0 Å².